The van der Waals surface area contributed by atoms with Crippen LogP contribution in [-0.2, 0) is 11.2 Å². The van der Waals surface area contributed by atoms with Gasteiger partial charge in [-0.1, -0.05) is 5.16 Å². The van der Waals surface area contributed by atoms with Crippen LogP contribution in [0.5, 0.6) is 0 Å². The molecule has 0 spiro atoms. The molecule has 7 nitrogen and oxygen atoms in total. The van der Waals surface area contributed by atoms with Crippen LogP contribution < -0.4 is 0 Å². The fraction of sp³-hybridized carbons (Fsp3) is 0.750. The van der Waals surface area contributed by atoms with Crippen LogP contribution in [0.25, 0.3) is 0 Å². The highest BCUT2D eigenvalue weighted by Gasteiger charge is 2.21. The molecule has 2 rings (SSSR count). The van der Waals surface area contributed by atoms with Crippen LogP contribution in [0.4, 0.5) is 0 Å². The first kappa shape index (κ1) is 17.9. The summed E-state index contributed by atoms with van der Waals surface area (Å²) in [6, 6.07) is 0. The van der Waals surface area contributed by atoms with Gasteiger partial charge in [0.05, 0.1) is 18.2 Å². The molecule has 1 aromatic rings. The van der Waals surface area contributed by atoms with E-state index in [2.05, 4.69) is 22.0 Å². The van der Waals surface area contributed by atoms with Crippen LogP contribution >= 0.6 is 0 Å². The van der Waals surface area contributed by atoms with Gasteiger partial charge >= 0.3 is 0 Å². The standard InChI is InChI=1S/C16H28N4O3/c1-12-15(13(2)23-17-12)9-16(22)19(4)10-14(21)11-20-7-5-18(3)6-8-20/h14,21H,5-11H2,1-4H3. The zero-order valence-electron chi connectivity index (χ0n) is 14.6. The molecule has 1 aliphatic rings. The van der Waals surface area contributed by atoms with Crippen molar-refractivity contribution >= 4 is 5.91 Å². The predicted molar refractivity (Wildman–Crippen MR) is 87.3 cm³/mol. The molecule has 1 aliphatic heterocycles. The zero-order valence-corrected chi connectivity index (χ0v) is 14.6. The Morgan fingerprint density at radius 3 is 2.57 bits per heavy atom. The lowest BCUT2D eigenvalue weighted by Gasteiger charge is -2.34. The summed E-state index contributed by atoms with van der Waals surface area (Å²) in [7, 11) is 3.84. The number of rotatable bonds is 6. The fourth-order valence-electron chi connectivity index (χ4n) is 2.84. The van der Waals surface area contributed by atoms with Gasteiger partial charge in [-0.15, -0.1) is 0 Å². The van der Waals surface area contributed by atoms with Gasteiger partial charge in [-0.05, 0) is 20.9 Å². The molecule has 130 valence electrons. The second-order valence-electron chi connectivity index (χ2n) is 6.51. The van der Waals surface area contributed by atoms with Gasteiger partial charge in [-0.25, -0.2) is 0 Å². The van der Waals surface area contributed by atoms with Gasteiger partial charge in [-0.2, -0.15) is 0 Å². The maximum atomic E-state index is 12.3. The Balaban J connectivity index is 1.78. The molecule has 0 radical (unpaired) electrons. The lowest BCUT2D eigenvalue weighted by atomic mass is 10.1. The molecule has 1 aromatic heterocycles. The summed E-state index contributed by atoms with van der Waals surface area (Å²) in [6.45, 7) is 8.56. The van der Waals surface area contributed by atoms with E-state index in [4.69, 9.17) is 4.52 Å². The summed E-state index contributed by atoms with van der Waals surface area (Å²) < 4.78 is 5.09. The second kappa shape index (κ2) is 7.90. The molecule has 1 saturated heterocycles. The molecular weight excluding hydrogens is 296 g/mol. The monoisotopic (exact) mass is 324 g/mol. The second-order valence-corrected chi connectivity index (χ2v) is 6.51. The third-order valence-corrected chi connectivity index (χ3v) is 4.48. The molecule has 1 N–H and O–H groups in total. The third kappa shape index (κ3) is 5.02. The quantitative estimate of drug-likeness (QED) is 0.788. The van der Waals surface area contributed by atoms with Crippen molar-refractivity contribution in [2.75, 3.05) is 53.4 Å². The Bertz CT molecular complexity index is 504. The zero-order chi connectivity index (χ0) is 17.0. The largest absolute Gasteiger partial charge is 0.390 e. The van der Waals surface area contributed by atoms with Crippen molar-refractivity contribution in [1.82, 2.24) is 19.9 Å². The van der Waals surface area contributed by atoms with Crippen LogP contribution in [0.1, 0.15) is 17.0 Å². The van der Waals surface area contributed by atoms with E-state index in [0.29, 0.717) is 18.8 Å². The molecule has 1 fully saturated rings. The molecule has 0 aromatic carbocycles. The number of aromatic nitrogens is 1. The molecule has 1 amide bonds. The van der Waals surface area contributed by atoms with Crippen LogP contribution in [0.2, 0.25) is 0 Å². The van der Waals surface area contributed by atoms with Gasteiger partial charge in [-0.3, -0.25) is 9.69 Å². The number of aryl methyl sites for hydroxylation is 2. The highest BCUT2D eigenvalue weighted by molar-refractivity contribution is 5.79. The maximum absolute atomic E-state index is 12.3. The van der Waals surface area contributed by atoms with Crippen LogP contribution in [-0.4, -0.2) is 90.3 Å². The van der Waals surface area contributed by atoms with Crippen molar-refractivity contribution in [3.05, 3.63) is 17.0 Å². The normalized spacial score (nSPS) is 18.1. The first-order valence-electron chi connectivity index (χ1n) is 8.11. The first-order valence-corrected chi connectivity index (χ1v) is 8.11. The van der Waals surface area contributed by atoms with E-state index < -0.39 is 6.10 Å². The van der Waals surface area contributed by atoms with Gasteiger partial charge in [0, 0.05) is 51.9 Å². The molecule has 0 saturated carbocycles. The number of carbonyl (C=O) groups excluding carboxylic acids is 1. The number of likely N-dealkylation sites (N-methyl/N-ethyl adjacent to an activating group) is 2. The number of β-amino-alcohol motifs (C(OH)–C–C–N with tert-alkyl or cyclic N) is 1. The lowest BCUT2D eigenvalue weighted by molar-refractivity contribution is -0.130. The number of nitrogens with zero attached hydrogens (tertiary/aromatic N) is 4. The van der Waals surface area contributed by atoms with Gasteiger partial charge in [0.15, 0.2) is 0 Å². The summed E-state index contributed by atoms with van der Waals surface area (Å²) in [5, 5.41) is 14.1. The minimum atomic E-state index is -0.531. The summed E-state index contributed by atoms with van der Waals surface area (Å²) in [5.74, 6) is 0.652. The number of amides is 1. The van der Waals surface area contributed by atoms with Gasteiger partial charge in [0.25, 0.3) is 0 Å². The van der Waals surface area contributed by atoms with Gasteiger partial charge in [0.1, 0.15) is 5.76 Å². The Kier molecular flexibility index (Phi) is 6.15. The summed E-state index contributed by atoms with van der Waals surface area (Å²) in [5.41, 5.74) is 1.60. The van der Waals surface area contributed by atoms with Gasteiger partial charge in [0.2, 0.25) is 5.91 Å². The van der Waals surface area contributed by atoms with E-state index in [1.807, 2.05) is 13.8 Å². The number of hydrogen-bond donors (Lipinski definition) is 1. The molecule has 23 heavy (non-hydrogen) atoms. The van der Waals surface area contributed by atoms with Crippen LogP contribution in [0.15, 0.2) is 4.52 Å². The first-order chi connectivity index (χ1) is 10.9. The van der Waals surface area contributed by atoms with E-state index in [-0.39, 0.29) is 12.3 Å². The predicted octanol–water partition coefficient (Wildman–Crippen LogP) is -0.0994. The Morgan fingerprint density at radius 2 is 2.00 bits per heavy atom. The van der Waals surface area contributed by atoms with Crippen molar-refractivity contribution in [3.8, 4) is 0 Å². The smallest absolute Gasteiger partial charge is 0.227 e. The van der Waals surface area contributed by atoms with Crippen molar-refractivity contribution in [2.45, 2.75) is 26.4 Å². The van der Waals surface area contributed by atoms with Crippen molar-refractivity contribution in [3.63, 3.8) is 0 Å². The van der Waals surface area contributed by atoms with E-state index in [9.17, 15) is 9.90 Å². The Hall–Kier alpha value is -1.44. The molecule has 0 bridgehead atoms. The van der Waals surface area contributed by atoms with Crippen molar-refractivity contribution in [1.29, 1.82) is 0 Å². The van der Waals surface area contributed by atoms with E-state index in [0.717, 1.165) is 37.4 Å². The molecular formula is C16H28N4O3. The molecule has 2 heterocycles. The van der Waals surface area contributed by atoms with Crippen LogP contribution in [0.3, 0.4) is 0 Å². The van der Waals surface area contributed by atoms with Crippen molar-refractivity contribution < 1.29 is 14.4 Å². The summed E-state index contributed by atoms with van der Waals surface area (Å²) in [4.78, 5) is 18.4. The number of piperazine rings is 1. The van der Waals surface area contributed by atoms with Crippen molar-refractivity contribution in [2.24, 2.45) is 0 Å². The fourth-order valence-corrected chi connectivity index (χ4v) is 2.84. The maximum Gasteiger partial charge on any atom is 0.227 e. The van der Waals surface area contributed by atoms with Crippen LogP contribution in [0, 0.1) is 13.8 Å². The van der Waals surface area contributed by atoms with E-state index >= 15 is 0 Å². The molecule has 1 unspecified atom stereocenters. The highest BCUT2D eigenvalue weighted by atomic mass is 16.5. The number of carbonyl (C=O) groups is 1. The Labute approximate surface area is 137 Å². The number of aliphatic hydroxyl groups is 1. The molecule has 1 atom stereocenters. The average molecular weight is 324 g/mol. The topological polar surface area (TPSA) is 73.0 Å². The number of hydrogen-bond acceptors (Lipinski definition) is 6. The minimum Gasteiger partial charge on any atom is -0.390 e. The number of aliphatic hydroxyl groups excluding tert-OH is 1. The summed E-state index contributed by atoms with van der Waals surface area (Å²) >= 11 is 0. The van der Waals surface area contributed by atoms with Gasteiger partial charge < -0.3 is 19.4 Å². The SMILES string of the molecule is Cc1noc(C)c1CC(=O)N(C)CC(O)CN1CCN(C)CC1. The summed E-state index contributed by atoms with van der Waals surface area (Å²) in [6.07, 6.45) is -0.268. The van der Waals surface area contributed by atoms with E-state index in [1.165, 1.54) is 0 Å². The minimum absolute atomic E-state index is 0.0307. The average Bonchev–Trinajstić information content (AvgIpc) is 2.81. The third-order valence-electron chi connectivity index (χ3n) is 4.48. The van der Waals surface area contributed by atoms with E-state index in [1.54, 1.807) is 11.9 Å². The molecule has 0 aliphatic carbocycles. The Morgan fingerprint density at radius 1 is 1.35 bits per heavy atom. The molecule has 7 heteroatoms. The lowest BCUT2D eigenvalue weighted by Crippen LogP contribution is -2.49. The highest BCUT2D eigenvalue weighted by Crippen LogP contribution is 2.14.